The molecule has 0 aliphatic carbocycles. The molecule has 2 aromatic heterocycles. The Morgan fingerprint density at radius 1 is 0.535 bits per heavy atom. The number of fused-ring (bicyclic) bond motifs is 4. The molecule has 0 atom stereocenters. The molecule has 1 aliphatic heterocycles. The van der Waals surface area contributed by atoms with Crippen molar-refractivity contribution < 1.29 is 25.8 Å². The fraction of sp³-hybridized carbons (Fsp3) is 0.262. The van der Waals surface area contributed by atoms with Crippen molar-refractivity contribution in [1.29, 1.82) is 0 Å². The van der Waals surface area contributed by atoms with Gasteiger partial charge in [0.1, 0.15) is 5.82 Å². The fourth-order valence-corrected chi connectivity index (χ4v) is 10.1. The van der Waals surface area contributed by atoms with Crippen molar-refractivity contribution >= 4 is 44.6 Å². The Morgan fingerprint density at radius 3 is 1.92 bits per heavy atom. The van der Waals surface area contributed by atoms with Crippen LogP contribution in [0.15, 0.2) is 158 Å². The van der Waals surface area contributed by atoms with E-state index in [-0.39, 0.29) is 37.3 Å². The average molecular weight is 1110 g/mol. The van der Waals surface area contributed by atoms with Crippen molar-refractivity contribution in [2.24, 2.45) is 0 Å². The first-order valence-electron chi connectivity index (χ1n) is 24.9. The Kier molecular flexibility index (Phi) is 13.2. The molecule has 0 saturated carbocycles. The van der Waals surface area contributed by atoms with Gasteiger partial charge in [-0.15, -0.1) is 53.6 Å². The van der Waals surface area contributed by atoms with Gasteiger partial charge < -0.3 is 19.1 Å². The second kappa shape index (κ2) is 19.0. The number of pyridine rings is 1. The number of ether oxygens (including phenoxy) is 1. The van der Waals surface area contributed by atoms with Crippen LogP contribution >= 0.6 is 0 Å². The Bertz CT molecular complexity index is 3380. The number of rotatable bonds is 10. The van der Waals surface area contributed by atoms with E-state index in [4.69, 9.17) is 9.72 Å². The first kappa shape index (κ1) is 49.6. The number of benzene rings is 7. The second-order valence-corrected chi connectivity index (χ2v) is 22.3. The normalized spacial score (nSPS) is 13.1. The van der Waals surface area contributed by atoms with Gasteiger partial charge in [-0.1, -0.05) is 174 Å². The molecule has 10 rings (SSSR count). The van der Waals surface area contributed by atoms with E-state index in [0.29, 0.717) is 23.3 Å². The van der Waals surface area contributed by atoms with Crippen molar-refractivity contribution in [2.75, 3.05) is 9.80 Å². The minimum atomic E-state index is -0.235. The molecule has 1 aliphatic rings. The maximum absolute atomic E-state index is 6.95. The zero-order valence-electron chi connectivity index (χ0n) is 43.3. The Balaban J connectivity index is 0.00000624. The molecule has 71 heavy (non-hydrogen) atoms. The number of nitrogens with zero attached hydrogens (tertiary/aromatic N) is 4. The van der Waals surface area contributed by atoms with Gasteiger partial charge in [0.05, 0.1) is 0 Å². The summed E-state index contributed by atoms with van der Waals surface area (Å²) in [6.07, 6.45) is 1.93. The molecule has 0 spiro atoms. The molecule has 0 unspecified atom stereocenters. The molecule has 0 radical (unpaired) electrons. The van der Waals surface area contributed by atoms with Crippen molar-refractivity contribution in [2.45, 2.75) is 111 Å². The van der Waals surface area contributed by atoms with Crippen molar-refractivity contribution in [1.82, 2.24) is 9.55 Å². The first-order valence-corrected chi connectivity index (χ1v) is 24.9. The standard InChI is InChI=1S/C65H65N4O.Pt/c1-42(2)53-25-19-26-54(43(3)4)62(53)44-28-31-58-60(34-44)67(49-23-18-22-46(35-49)63(5,6)7)41-68(58)50-36-48(64(8,9)10)37-52(39-50)70-51-29-30-56-55-24-16-17-27-57(55)69(59(56)40-51)61-38-47(32-33-66-61)65(11,12)45-20-14-13-15-21-45;/h13-38,41-43H,1-12H3;/q-3;. The molecule has 0 fully saturated rings. The molecule has 0 saturated heterocycles. The van der Waals surface area contributed by atoms with E-state index in [1.165, 1.54) is 38.9 Å². The van der Waals surface area contributed by atoms with E-state index in [1.54, 1.807) is 0 Å². The Morgan fingerprint density at radius 2 is 1.21 bits per heavy atom. The Hall–Kier alpha value is -6.42. The average Bonchev–Trinajstić information content (AvgIpc) is 3.89. The van der Waals surface area contributed by atoms with Crippen LogP contribution in [0, 0.1) is 18.8 Å². The predicted molar refractivity (Wildman–Crippen MR) is 294 cm³/mol. The molecule has 0 bridgehead atoms. The van der Waals surface area contributed by atoms with Crippen LogP contribution in [0.25, 0.3) is 38.8 Å². The SMILES string of the molecule is CC(C)c1cccc(C(C)C)c1-c1ccc2c(c1)N(c1cccc(C(C)(C)C)c1)[CH-]N2c1[c-]c(Oc2[c-]c3c(cc2)c2ccccc2n3-c2cc(C(C)(C)c3ccccc3)ccn2)cc(C(C)(C)C)c1.[Pt]. The van der Waals surface area contributed by atoms with Crippen molar-refractivity contribution in [3.05, 3.63) is 210 Å². The third-order valence-corrected chi connectivity index (χ3v) is 14.3. The Labute approximate surface area is 436 Å². The van der Waals surface area contributed by atoms with Crippen LogP contribution in [-0.2, 0) is 37.3 Å². The summed E-state index contributed by atoms with van der Waals surface area (Å²) < 4.78 is 9.17. The predicted octanol–water partition coefficient (Wildman–Crippen LogP) is 17.8. The molecular formula is C65H65N4OPt-3. The minimum absolute atomic E-state index is 0. The van der Waals surface area contributed by atoms with Crippen LogP contribution in [0.4, 0.5) is 22.7 Å². The number of para-hydroxylation sites is 1. The van der Waals surface area contributed by atoms with E-state index in [0.717, 1.165) is 55.9 Å². The van der Waals surface area contributed by atoms with Gasteiger partial charge in [-0.05, 0) is 109 Å². The summed E-state index contributed by atoms with van der Waals surface area (Å²) in [5, 5.41) is 2.22. The molecular weight excluding hydrogens is 1050 g/mol. The van der Waals surface area contributed by atoms with Gasteiger partial charge in [-0.3, -0.25) is 0 Å². The molecule has 7 aromatic carbocycles. The zero-order chi connectivity index (χ0) is 49.3. The van der Waals surface area contributed by atoms with Crippen LogP contribution < -0.4 is 14.5 Å². The third kappa shape index (κ3) is 9.35. The smallest absolute Gasteiger partial charge is 0.135 e. The van der Waals surface area contributed by atoms with Crippen LogP contribution in [0.3, 0.4) is 0 Å². The monoisotopic (exact) mass is 1110 g/mol. The summed E-state index contributed by atoms with van der Waals surface area (Å²) in [6.45, 7) is 29.6. The molecule has 364 valence electrons. The van der Waals surface area contributed by atoms with Crippen LogP contribution in [0.5, 0.6) is 11.5 Å². The molecule has 0 amide bonds. The largest absolute Gasteiger partial charge is 0.509 e. The summed E-state index contributed by atoms with van der Waals surface area (Å²) >= 11 is 0. The number of anilines is 4. The first-order chi connectivity index (χ1) is 33.4. The maximum Gasteiger partial charge on any atom is 0.135 e. The summed E-state index contributed by atoms with van der Waals surface area (Å²) in [7, 11) is 0. The zero-order valence-corrected chi connectivity index (χ0v) is 45.5. The van der Waals surface area contributed by atoms with E-state index in [2.05, 4.69) is 262 Å². The fourth-order valence-electron chi connectivity index (χ4n) is 10.1. The summed E-state index contributed by atoms with van der Waals surface area (Å²) in [5.41, 5.74) is 15.9. The minimum Gasteiger partial charge on any atom is -0.509 e. The topological polar surface area (TPSA) is 33.5 Å². The van der Waals surface area contributed by atoms with E-state index in [9.17, 15) is 0 Å². The molecule has 3 heterocycles. The number of hydrogen-bond donors (Lipinski definition) is 0. The van der Waals surface area contributed by atoms with Gasteiger partial charge in [0.2, 0.25) is 0 Å². The van der Waals surface area contributed by atoms with Gasteiger partial charge in [0, 0.05) is 66.8 Å². The number of aromatic nitrogens is 2. The van der Waals surface area contributed by atoms with Crippen LogP contribution in [0.1, 0.15) is 128 Å². The molecule has 0 N–H and O–H groups in total. The summed E-state index contributed by atoms with van der Waals surface area (Å²) in [5.74, 6) is 2.81. The summed E-state index contributed by atoms with van der Waals surface area (Å²) in [6, 6.07) is 62.4. The molecule has 6 heteroatoms. The molecule has 9 aromatic rings. The van der Waals surface area contributed by atoms with E-state index < -0.39 is 0 Å². The number of hydrogen-bond acceptors (Lipinski definition) is 4. The van der Waals surface area contributed by atoms with Gasteiger partial charge in [0.15, 0.2) is 0 Å². The van der Waals surface area contributed by atoms with Gasteiger partial charge in [-0.2, -0.15) is 6.07 Å². The van der Waals surface area contributed by atoms with Crippen molar-refractivity contribution in [3.63, 3.8) is 0 Å². The maximum atomic E-state index is 6.95. The quantitative estimate of drug-likeness (QED) is 0.128. The van der Waals surface area contributed by atoms with Crippen LogP contribution in [-0.4, -0.2) is 9.55 Å². The van der Waals surface area contributed by atoms with Crippen LogP contribution in [0.2, 0.25) is 0 Å². The third-order valence-electron chi connectivity index (χ3n) is 14.3. The van der Waals surface area contributed by atoms with E-state index in [1.807, 2.05) is 12.3 Å². The van der Waals surface area contributed by atoms with E-state index >= 15 is 0 Å². The van der Waals surface area contributed by atoms with Crippen molar-refractivity contribution in [3.8, 4) is 28.4 Å². The van der Waals surface area contributed by atoms with Gasteiger partial charge >= 0.3 is 0 Å². The second-order valence-electron chi connectivity index (χ2n) is 22.3. The molecule has 5 nitrogen and oxygen atoms in total. The van der Waals surface area contributed by atoms with Gasteiger partial charge in [-0.25, -0.2) is 4.98 Å². The summed E-state index contributed by atoms with van der Waals surface area (Å²) in [4.78, 5) is 9.62. The van der Waals surface area contributed by atoms with Gasteiger partial charge in [0.25, 0.3) is 0 Å².